The molecule has 4 rings (SSSR count). The van der Waals surface area contributed by atoms with Crippen molar-refractivity contribution in [3.8, 4) is 11.5 Å². The average molecular weight is 447 g/mol. The molecule has 31 heavy (non-hydrogen) atoms. The minimum atomic E-state index is -3.72. The van der Waals surface area contributed by atoms with Crippen LogP contribution in [0.4, 0.5) is 0 Å². The molecule has 3 atom stereocenters. The van der Waals surface area contributed by atoms with Gasteiger partial charge in [-0.2, -0.15) is 4.31 Å². The predicted octanol–water partition coefficient (Wildman–Crippen LogP) is 2.05. The number of nitrogens with zero attached hydrogens (tertiary/aromatic N) is 1. The topological polar surface area (TPSA) is 94.2 Å². The van der Waals surface area contributed by atoms with E-state index < -0.39 is 10.0 Å². The number of hydrogen-bond donors (Lipinski definition) is 1. The lowest BCUT2D eigenvalue weighted by molar-refractivity contribution is -0.0440. The van der Waals surface area contributed by atoms with Crippen molar-refractivity contribution in [1.82, 2.24) is 9.62 Å². The van der Waals surface area contributed by atoms with Crippen LogP contribution in [0.5, 0.6) is 11.5 Å². The molecule has 166 valence electrons. The molecule has 0 bridgehead atoms. The molecule has 2 aliphatic heterocycles. The van der Waals surface area contributed by atoms with Gasteiger partial charge in [-0.15, -0.1) is 0 Å². The summed E-state index contributed by atoms with van der Waals surface area (Å²) in [6.07, 6.45) is -0.706. The molecule has 1 N–H and O–H groups in total. The third-order valence-corrected chi connectivity index (χ3v) is 7.01. The minimum Gasteiger partial charge on any atom is -0.486 e. The zero-order chi connectivity index (χ0) is 22.0. The summed E-state index contributed by atoms with van der Waals surface area (Å²) >= 11 is 0. The van der Waals surface area contributed by atoms with Crippen molar-refractivity contribution in [3.63, 3.8) is 0 Å². The molecule has 2 aromatic carbocycles. The second-order valence-corrected chi connectivity index (χ2v) is 9.75. The molecule has 1 amide bonds. The number of morpholine rings is 1. The molecule has 1 fully saturated rings. The summed E-state index contributed by atoms with van der Waals surface area (Å²) in [6, 6.07) is 13.4. The Morgan fingerprint density at radius 2 is 1.77 bits per heavy atom. The smallest absolute Gasteiger partial charge is 0.251 e. The second-order valence-electron chi connectivity index (χ2n) is 7.81. The fourth-order valence-corrected chi connectivity index (χ4v) is 5.38. The number of para-hydroxylation sites is 2. The molecule has 2 aliphatic rings. The maximum atomic E-state index is 13.1. The van der Waals surface area contributed by atoms with Crippen LogP contribution in [-0.4, -0.2) is 63.2 Å². The largest absolute Gasteiger partial charge is 0.486 e. The monoisotopic (exact) mass is 446 g/mol. The van der Waals surface area contributed by atoms with Crippen LogP contribution in [0, 0.1) is 0 Å². The average Bonchev–Trinajstić information content (AvgIpc) is 2.76. The van der Waals surface area contributed by atoms with E-state index in [0.29, 0.717) is 18.1 Å². The Morgan fingerprint density at radius 1 is 1.06 bits per heavy atom. The molecule has 0 aliphatic carbocycles. The summed E-state index contributed by atoms with van der Waals surface area (Å²) in [5.41, 5.74) is 0.271. The first-order valence-electron chi connectivity index (χ1n) is 10.3. The number of fused-ring (bicyclic) bond motifs is 1. The van der Waals surface area contributed by atoms with Crippen LogP contribution in [0.2, 0.25) is 0 Å². The van der Waals surface area contributed by atoms with Crippen LogP contribution in [0.1, 0.15) is 24.2 Å². The lowest BCUT2D eigenvalue weighted by atomic mass is 10.2. The summed E-state index contributed by atoms with van der Waals surface area (Å²) in [4.78, 5) is 12.7. The third kappa shape index (κ3) is 4.84. The molecule has 9 heteroatoms. The van der Waals surface area contributed by atoms with Crippen LogP contribution in [0.25, 0.3) is 0 Å². The quantitative estimate of drug-likeness (QED) is 0.756. The van der Waals surface area contributed by atoms with E-state index in [-0.39, 0.29) is 54.3 Å². The first-order valence-corrected chi connectivity index (χ1v) is 11.7. The SMILES string of the molecule is C[C@@H]1CN(S(=O)(=O)c2cccc(C(=O)NC[C@@H]3COc4ccccc4O3)c2)C[C@H](C)O1. The summed E-state index contributed by atoms with van der Waals surface area (Å²) in [7, 11) is -3.72. The maximum absolute atomic E-state index is 13.1. The van der Waals surface area contributed by atoms with Crippen LogP contribution < -0.4 is 14.8 Å². The molecular weight excluding hydrogens is 420 g/mol. The highest BCUT2D eigenvalue weighted by atomic mass is 32.2. The molecule has 2 heterocycles. The predicted molar refractivity (Wildman–Crippen MR) is 114 cm³/mol. The van der Waals surface area contributed by atoms with Gasteiger partial charge in [-0.1, -0.05) is 18.2 Å². The summed E-state index contributed by atoms with van der Waals surface area (Å²) < 4.78 is 44.7. The number of carbonyl (C=O) groups is 1. The first-order chi connectivity index (χ1) is 14.8. The van der Waals surface area contributed by atoms with Gasteiger partial charge in [0.25, 0.3) is 5.91 Å². The van der Waals surface area contributed by atoms with E-state index in [2.05, 4.69) is 5.32 Å². The minimum absolute atomic E-state index is 0.0904. The van der Waals surface area contributed by atoms with Gasteiger partial charge in [-0.05, 0) is 44.2 Å². The van der Waals surface area contributed by atoms with E-state index in [1.807, 2.05) is 38.1 Å². The summed E-state index contributed by atoms with van der Waals surface area (Å²) in [6.45, 7) is 4.81. The van der Waals surface area contributed by atoms with Gasteiger partial charge < -0.3 is 19.5 Å². The van der Waals surface area contributed by atoms with Gasteiger partial charge in [0.2, 0.25) is 10.0 Å². The van der Waals surface area contributed by atoms with Crippen molar-refractivity contribution >= 4 is 15.9 Å². The van der Waals surface area contributed by atoms with Gasteiger partial charge >= 0.3 is 0 Å². The second kappa shape index (κ2) is 8.86. The lowest BCUT2D eigenvalue weighted by Crippen LogP contribution is -2.48. The molecule has 0 radical (unpaired) electrons. The van der Waals surface area contributed by atoms with Gasteiger partial charge in [-0.3, -0.25) is 4.79 Å². The number of carbonyl (C=O) groups excluding carboxylic acids is 1. The zero-order valence-corrected chi connectivity index (χ0v) is 18.3. The number of nitrogens with one attached hydrogen (secondary N) is 1. The van der Waals surface area contributed by atoms with E-state index in [4.69, 9.17) is 14.2 Å². The van der Waals surface area contributed by atoms with Crippen LogP contribution in [-0.2, 0) is 14.8 Å². The molecule has 0 saturated carbocycles. The van der Waals surface area contributed by atoms with Crippen molar-refractivity contribution < 1.29 is 27.4 Å². The molecule has 0 aromatic heterocycles. The Morgan fingerprint density at radius 3 is 2.52 bits per heavy atom. The Bertz CT molecular complexity index is 1050. The Kier molecular flexibility index (Phi) is 6.17. The number of hydrogen-bond acceptors (Lipinski definition) is 6. The Hall–Kier alpha value is -2.62. The number of rotatable bonds is 5. The van der Waals surface area contributed by atoms with Crippen molar-refractivity contribution in [2.75, 3.05) is 26.2 Å². The van der Waals surface area contributed by atoms with E-state index in [1.54, 1.807) is 12.1 Å². The van der Waals surface area contributed by atoms with Gasteiger partial charge in [-0.25, -0.2) is 8.42 Å². The highest BCUT2D eigenvalue weighted by Gasteiger charge is 2.32. The normalized spacial score (nSPS) is 23.9. The fourth-order valence-electron chi connectivity index (χ4n) is 3.75. The number of sulfonamides is 1. The zero-order valence-electron chi connectivity index (χ0n) is 17.5. The molecular formula is C22H26N2O6S. The highest BCUT2D eigenvalue weighted by molar-refractivity contribution is 7.89. The van der Waals surface area contributed by atoms with E-state index in [1.165, 1.54) is 16.4 Å². The van der Waals surface area contributed by atoms with Crippen molar-refractivity contribution in [2.24, 2.45) is 0 Å². The summed E-state index contributed by atoms with van der Waals surface area (Å²) in [5.74, 6) is 0.938. The van der Waals surface area contributed by atoms with Crippen molar-refractivity contribution in [3.05, 3.63) is 54.1 Å². The lowest BCUT2D eigenvalue weighted by Gasteiger charge is -2.34. The van der Waals surface area contributed by atoms with Gasteiger partial charge in [0.1, 0.15) is 12.7 Å². The van der Waals surface area contributed by atoms with Crippen LogP contribution in [0.3, 0.4) is 0 Å². The Balaban J connectivity index is 1.41. The number of amides is 1. The highest BCUT2D eigenvalue weighted by Crippen LogP contribution is 2.30. The van der Waals surface area contributed by atoms with E-state index in [0.717, 1.165) is 0 Å². The van der Waals surface area contributed by atoms with Crippen molar-refractivity contribution in [1.29, 1.82) is 0 Å². The van der Waals surface area contributed by atoms with Gasteiger partial charge in [0.05, 0.1) is 23.6 Å². The van der Waals surface area contributed by atoms with Crippen LogP contribution >= 0.6 is 0 Å². The van der Waals surface area contributed by atoms with E-state index in [9.17, 15) is 13.2 Å². The number of ether oxygens (including phenoxy) is 3. The van der Waals surface area contributed by atoms with Gasteiger partial charge in [0, 0.05) is 18.7 Å². The summed E-state index contributed by atoms with van der Waals surface area (Å²) in [5, 5.41) is 2.80. The first kappa shape index (κ1) is 21.6. The van der Waals surface area contributed by atoms with Gasteiger partial charge in [0.15, 0.2) is 11.5 Å². The maximum Gasteiger partial charge on any atom is 0.251 e. The third-order valence-electron chi connectivity index (χ3n) is 5.18. The molecule has 2 aromatic rings. The Labute approximate surface area is 182 Å². The fraction of sp³-hybridized carbons (Fsp3) is 0.409. The van der Waals surface area contributed by atoms with Crippen LogP contribution in [0.15, 0.2) is 53.4 Å². The van der Waals surface area contributed by atoms with Crippen molar-refractivity contribution in [2.45, 2.75) is 37.1 Å². The van der Waals surface area contributed by atoms with E-state index >= 15 is 0 Å². The molecule has 0 unspecified atom stereocenters. The number of benzene rings is 2. The molecule has 0 spiro atoms. The molecule has 8 nitrogen and oxygen atoms in total. The standard InChI is InChI=1S/C22H26N2O6S/c1-15-12-24(13-16(2)29-15)31(26,27)19-7-5-6-17(10-19)22(25)23-11-18-14-28-20-8-3-4-9-21(20)30-18/h3-10,15-16,18H,11-14H2,1-2H3,(H,23,25)/t15-,16+,18-/m1/s1. The molecule has 1 saturated heterocycles.